The summed E-state index contributed by atoms with van der Waals surface area (Å²) in [6.45, 7) is 4.19. The van der Waals surface area contributed by atoms with E-state index in [-0.39, 0.29) is 0 Å². The third kappa shape index (κ3) is 2.76. The molecular formula is C17H22N4. The van der Waals surface area contributed by atoms with E-state index in [4.69, 9.17) is 10.8 Å². The Morgan fingerprint density at radius 2 is 1.86 bits per heavy atom. The van der Waals surface area contributed by atoms with Crippen LogP contribution >= 0.6 is 0 Å². The van der Waals surface area contributed by atoms with E-state index in [1.54, 1.807) is 0 Å². The average Bonchev–Trinajstić information content (AvgIpc) is 2.74. The molecule has 0 atom stereocenters. The number of aryl methyl sites for hydroxylation is 3. The number of aromatic nitrogens is 2. The zero-order valence-corrected chi connectivity index (χ0v) is 12.7. The third-order valence-electron chi connectivity index (χ3n) is 4.20. The van der Waals surface area contributed by atoms with E-state index >= 15 is 0 Å². The Kier molecular flexibility index (Phi) is 3.88. The number of hydrogen-bond acceptors (Lipinski definition) is 4. The molecule has 0 unspecified atom stereocenters. The first kappa shape index (κ1) is 14.0. The number of hydrogen-bond donors (Lipinski definition) is 2. The molecule has 0 radical (unpaired) electrons. The minimum absolute atomic E-state index is 0.782. The van der Waals surface area contributed by atoms with Crippen LogP contribution in [0.1, 0.15) is 41.6 Å². The van der Waals surface area contributed by atoms with Crippen molar-refractivity contribution in [1.29, 1.82) is 0 Å². The molecule has 3 N–H and O–H groups in total. The quantitative estimate of drug-likeness (QED) is 0.504. The molecule has 0 aliphatic heterocycles. The molecule has 1 aliphatic carbocycles. The van der Waals surface area contributed by atoms with Crippen molar-refractivity contribution >= 4 is 5.82 Å². The minimum atomic E-state index is 0.782. The molecule has 21 heavy (non-hydrogen) atoms. The van der Waals surface area contributed by atoms with Gasteiger partial charge in [0.2, 0.25) is 0 Å². The molecule has 4 nitrogen and oxygen atoms in total. The van der Waals surface area contributed by atoms with Gasteiger partial charge in [0.15, 0.2) is 5.82 Å². The summed E-state index contributed by atoms with van der Waals surface area (Å²) in [5.41, 5.74) is 8.64. The highest BCUT2D eigenvalue weighted by Gasteiger charge is 2.17. The molecule has 0 spiro atoms. The number of anilines is 1. The summed E-state index contributed by atoms with van der Waals surface area (Å²) < 4.78 is 0. The van der Waals surface area contributed by atoms with Crippen LogP contribution in [0.3, 0.4) is 0 Å². The van der Waals surface area contributed by atoms with Gasteiger partial charge in [0, 0.05) is 16.8 Å². The molecule has 4 heteroatoms. The molecule has 0 saturated heterocycles. The van der Waals surface area contributed by atoms with Crippen LogP contribution in [-0.2, 0) is 12.8 Å². The lowest BCUT2D eigenvalue weighted by molar-refractivity contribution is 0.709. The van der Waals surface area contributed by atoms with E-state index < -0.39 is 0 Å². The summed E-state index contributed by atoms with van der Waals surface area (Å²) in [5, 5.41) is 0. The first-order valence-corrected chi connectivity index (χ1v) is 7.63. The first-order valence-electron chi connectivity index (χ1n) is 7.63. The molecule has 0 saturated carbocycles. The van der Waals surface area contributed by atoms with E-state index in [9.17, 15) is 0 Å². The highest BCUT2D eigenvalue weighted by atomic mass is 15.3. The van der Waals surface area contributed by atoms with E-state index in [0.717, 1.165) is 35.7 Å². The number of benzene rings is 1. The third-order valence-corrected chi connectivity index (χ3v) is 4.20. The molecule has 0 fully saturated rings. The topological polar surface area (TPSA) is 63.8 Å². The van der Waals surface area contributed by atoms with Crippen molar-refractivity contribution < 1.29 is 0 Å². The monoisotopic (exact) mass is 282 g/mol. The maximum atomic E-state index is 5.70. The largest absolute Gasteiger partial charge is 0.308 e. The number of fused-ring (bicyclic) bond motifs is 1. The Morgan fingerprint density at radius 1 is 1.05 bits per heavy atom. The number of hydrazine groups is 1. The number of nitrogens with zero attached hydrogens (tertiary/aromatic N) is 2. The molecule has 1 aliphatic rings. The fraction of sp³-hybridized carbons (Fsp3) is 0.412. The summed E-state index contributed by atoms with van der Waals surface area (Å²) in [5.74, 6) is 7.27. The van der Waals surface area contributed by atoms with Crippen LogP contribution in [-0.4, -0.2) is 9.97 Å². The predicted molar refractivity (Wildman–Crippen MR) is 86.0 cm³/mol. The molecule has 1 heterocycles. The molecule has 0 amide bonds. The fourth-order valence-electron chi connectivity index (χ4n) is 2.99. The van der Waals surface area contributed by atoms with Gasteiger partial charge in [-0.15, -0.1) is 0 Å². The lowest BCUT2D eigenvalue weighted by atomic mass is 10.0. The van der Waals surface area contributed by atoms with Gasteiger partial charge in [0.1, 0.15) is 5.82 Å². The van der Waals surface area contributed by atoms with E-state index in [1.807, 2.05) is 0 Å². The van der Waals surface area contributed by atoms with Gasteiger partial charge in [0.25, 0.3) is 0 Å². The van der Waals surface area contributed by atoms with Crippen molar-refractivity contribution in [3.63, 3.8) is 0 Å². The number of nitrogens with two attached hydrogens (primary N) is 1. The Labute approximate surface area is 125 Å². The maximum absolute atomic E-state index is 5.70. The number of rotatable bonds is 2. The lowest BCUT2D eigenvalue weighted by Crippen LogP contribution is -2.14. The van der Waals surface area contributed by atoms with Crippen molar-refractivity contribution in [3.8, 4) is 11.4 Å². The molecule has 3 rings (SSSR count). The summed E-state index contributed by atoms with van der Waals surface area (Å²) in [4.78, 5) is 9.52. The highest BCUT2D eigenvalue weighted by molar-refractivity contribution is 5.64. The zero-order valence-electron chi connectivity index (χ0n) is 12.7. The summed E-state index contributed by atoms with van der Waals surface area (Å²) in [7, 11) is 0. The van der Waals surface area contributed by atoms with Gasteiger partial charge < -0.3 is 5.43 Å². The SMILES string of the molecule is Cc1ccc(C)c(-c2nc3c(c(NN)n2)CCCCC3)c1. The second-order valence-corrected chi connectivity index (χ2v) is 5.84. The lowest BCUT2D eigenvalue weighted by Gasteiger charge is -2.14. The Balaban J connectivity index is 2.15. The van der Waals surface area contributed by atoms with Crippen molar-refractivity contribution in [3.05, 3.63) is 40.6 Å². The predicted octanol–water partition coefficient (Wildman–Crippen LogP) is 3.31. The highest BCUT2D eigenvalue weighted by Crippen LogP contribution is 2.29. The Hall–Kier alpha value is -1.94. The van der Waals surface area contributed by atoms with Gasteiger partial charge in [-0.1, -0.05) is 24.1 Å². The van der Waals surface area contributed by atoms with Crippen LogP contribution in [0.4, 0.5) is 5.82 Å². The van der Waals surface area contributed by atoms with Gasteiger partial charge in [0.05, 0.1) is 0 Å². The molecule has 1 aromatic heterocycles. The van der Waals surface area contributed by atoms with Crippen LogP contribution in [0, 0.1) is 13.8 Å². The van der Waals surface area contributed by atoms with Crippen molar-refractivity contribution in [1.82, 2.24) is 9.97 Å². The van der Waals surface area contributed by atoms with Crippen molar-refractivity contribution in [2.45, 2.75) is 46.0 Å². The number of nitrogen functional groups attached to an aromatic ring is 1. The maximum Gasteiger partial charge on any atom is 0.162 e. The van der Waals surface area contributed by atoms with E-state index in [0.29, 0.717) is 0 Å². The normalized spacial score (nSPS) is 14.4. The number of nitrogens with one attached hydrogen (secondary N) is 1. The summed E-state index contributed by atoms with van der Waals surface area (Å²) in [6.07, 6.45) is 5.67. The minimum Gasteiger partial charge on any atom is -0.308 e. The summed E-state index contributed by atoms with van der Waals surface area (Å²) >= 11 is 0. The van der Waals surface area contributed by atoms with Crippen LogP contribution in [0.25, 0.3) is 11.4 Å². The second-order valence-electron chi connectivity index (χ2n) is 5.84. The van der Waals surface area contributed by atoms with Gasteiger partial charge in [-0.25, -0.2) is 15.8 Å². The smallest absolute Gasteiger partial charge is 0.162 e. The van der Waals surface area contributed by atoms with Crippen molar-refractivity contribution in [2.75, 3.05) is 5.43 Å². The molecule has 2 aromatic rings. The van der Waals surface area contributed by atoms with Crippen LogP contribution in [0.15, 0.2) is 18.2 Å². The molecule has 1 aromatic carbocycles. The van der Waals surface area contributed by atoms with Crippen LogP contribution in [0.2, 0.25) is 0 Å². The van der Waals surface area contributed by atoms with Crippen molar-refractivity contribution in [2.24, 2.45) is 5.84 Å². The Morgan fingerprint density at radius 3 is 2.67 bits per heavy atom. The molecule has 0 bridgehead atoms. The zero-order chi connectivity index (χ0) is 14.8. The van der Waals surface area contributed by atoms with Gasteiger partial charge in [-0.05, 0) is 51.2 Å². The van der Waals surface area contributed by atoms with E-state index in [1.165, 1.54) is 36.0 Å². The average molecular weight is 282 g/mol. The molecular weight excluding hydrogens is 260 g/mol. The van der Waals surface area contributed by atoms with Gasteiger partial charge >= 0.3 is 0 Å². The Bertz CT molecular complexity index is 664. The van der Waals surface area contributed by atoms with Crippen LogP contribution < -0.4 is 11.3 Å². The van der Waals surface area contributed by atoms with Gasteiger partial charge in [-0.3, -0.25) is 0 Å². The van der Waals surface area contributed by atoms with E-state index in [2.05, 4.69) is 42.5 Å². The second kappa shape index (κ2) is 5.82. The van der Waals surface area contributed by atoms with Crippen LogP contribution in [0.5, 0.6) is 0 Å². The molecule has 110 valence electrons. The first-order chi connectivity index (χ1) is 10.2. The summed E-state index contributed by atoms with van der Waals surface area (Å²) in [6, 6.07) is 6.38. The standard InChI is InChI=1S/C17H22N4/c1-11-8-9-12(2)14(10-11)16-19-15-7-5-3-4-6-13(15)17(20-16)21-18/h8-10H,3-7,18H2,1-2H3,(H,19,20,21). The fourth-order valence-corrected chi connectivity index (χ4v) is 2.99. The van der Waals surface area contributed by atoms with Gasteiger partial charge in [-0.2, -0.15) is 0 Å².